The zero-order valence-electron chi connectivity index (χ0n) is 9.12. The Morgan fingerprint density at radius 2 is 2.06 bits per heavy atom. The van der Waals surface area contributed by atoms with Crippen LogP contribution in [0.25, 0.3) is 0 Å². The number of hydrogen-bond acceptors (Lipinski definition) is 7. The maximum atomic E-state index is 10.7. The fourth-order valence-electron chi connectivity index (χ4n) is 0.740. The molecule has 96 valence electrons. The Morgan fingerprint density at radius 1 is 1.44 bits per heavy atom. The van der Waals surface area contributed by atoms with Crippen LogP contribution in [0.2, 0.25) is 0 Å². The van der Waals surface area contributed by atoms with E-state index in [0.29, 0.717) is 0 Å². The first kappa shape index (κ1) is 15.5. The minimum atomic E-state index is -3.68. The molecule has 0 fully saturated rings. The number of esters is 1. The van der Waals surface area contributed by atoms with Crippen LogP contribution in [0.4, 0.5) is 0 Å². The van der Waals surface area contributed by atoms with Crippen molar-refractivity contribution in [2.24, 2.45) is 11.8 Å². The van der Waals surface area contributed by atoms with E-state index in [1.807, 2.05) is 0 Å². The van der Waals surface area contributed by atoms with Crippen LogP contribution >= 0.6 is 7.60 Å². The van der Waals surface area contributed by atoms with Crippen LogP contribution in [0.5, 0.6) is 0 Å². The number of rotatable bonds is 8. The lowest BCUT2D eigenvalue weighted by molar-refractivity contribution is -0.227. The second kappa shape index (κ2) is 7.72. The zero-order chi connectivity index (χ0) is 12.6. The summed E-state index contributed by atoms with van der Waals surface area (Å²) in [6.07, 6.45) is 0. The predicted molar refractivity (Wildman–Crippen MR) is 53.0 cm³/mol. The molecule has 0 aliphatic rings. The Balaban J connectivity index is 3.84. The van der Waals surface area contributed by atoms with Crippen LogP contribution in [-0.2, 0) is 28.5 Å². The van der Waals surface area contributed by atoms with Gasteiger partial charge in [-0.25, -0.2) is 10.8 Å². The van der Waals surface area contributed by atoms with Crippen molar-refractivity contribution in [3.63, 3.8) is 0 Å². The minimum Gasteiger partial charge on any atom is -0.465 e. The highest BCUT2D eigenvalue weighted by atomic mass is 31.2. The molecule has 0 spiro atoms. The molecule has 0 bridgehead atoms. The summed E-state index contributed by atoms with van der Waals surface area (Å²) in [5.74, 6) is 4.03. The highest BCUT2D eigenvalue weighted by Gasteiger charge is 2.16. The second-order valence-corrected chi connectivity index (χ2v) is 4.92. The van der Waals surface area contributed by atoms with Crippen molar-refractivity contribution in [3.05, 3.63) is 0 Å². The van der Waals surface area contributed by atoms with Crippen LogP contribution in [0.1, 0.15) is 6.92 Å². The summed E-state index contributed by atoms with van der Waals surface area (Å²) < 4.78 is 19.6. The lowest BCUT2D eigenvalue weighted by Gasteiger charge is -2.15. The van der Waals surface area contributed by atoms with E-state index >= 15 is 0 Å². The summed E-state index contributed by atoms with van der Waals surface area (Å²) in [7, 11) is -3.68. The molecular formula is C7H16NO7P. The largest absolute Gasteiger partial charge is 0.465 e. The first-order valence-corrected chi connectivity index (χ1v) is 6.44. The molecule has 0 aromatic heterocycles. The average molecular weight is 257 g/mol. The maximum Gasteiger partial charge on any atom is 0.352 e. The fourth-order valence-corrected chi connectivity index (χ4v) is 0.997. The van der Waals surface area contributed by atoms with E-state index in [9.17, 15) is 9.36 Å². The van der Waals surface area contributed by atoms with E-state index < -0.39 is 13.6 Å². The van der Waals surface area contributed by atoms with Gasteiger partial charge in [-0.3, -0.25) is 9.36 Å². The molecule has 0 aliphatic heterocycles. The maximum absolute atomic E-state index is 10.7. The van der Waals surface area contributed by atoms with Gasteiger partial charge in [0.2, 0.25) is 0 Å². The summed E-state index contributed by atoms with van der Waals surface area (Å²) in [6, 6.07) is 0. The summed E-state index contributed by atoms with van der Waals surface area (Å²) >= 11 is 0. The number of ether oxygens (including phenoxy) is 1. The van der Waals surface area contributed by atoms with Gasteiger partial charge in [0.15, 0.2) is 0 Å². The molecule has 0 radical (unpaired) electrons. The standard InChI is InChI=1S/C7H16NO7P/c1-6(9)12-3-7(4-13-8)5-14-15-16(2,10)11/h7H,3-5,8H2,1-2H3,(H,10,11). The second-order valence-electron chi connectivity index (χ2n) is 3.16. The molecule has 0 heterocycles. The van der Waals surface area contributed by atoms with Crippen LogP contribution in [0.3, 0.4) is 0 Å². The highest BCUT2D eigenvalue weighted by molar-refractivity contribution is 7.51. The Bertz CT molecular complexity index is 253. The van der Waals surface area contributed by atoms with Gasteiger partial charge in [0, 0.05) is 19.5 Å². The molecular weight excluding hydrogens is 241 g/mol. The van der Waals surface area contributed by atoms with Gasteiger partial charge in [0.1, 0.15) is 0 Å². The van der Waals surface area contributed by atoms with Crippen molar-refractivity contribution >= 4 is 13.6 Å². The number of carbonyl (C=O) groups is 1. The Hall–Kier alpha value is -0.500. The molecule has 16 heavy (non-hydrogen) atoms. The van der Waals surface area contributed by atoms with Gasteiger partial charge >= 0.3 is 13.6 Å². The van der Waals surface area contributed by atoms with Crippen molar-refractivity contribution in [2.45, 2.75) is 6.92 Å². The van der Waals surface area contributed by atoms with E-state index in [2.05, 4.69) is 14.4 Å². The first-order valence-electron chi connectivity index (χ1n) is 4.41. The van der Waals surface area contributed by atoms with Crippen molar-refractivity contribution < 1.29 is 33.4 Å². The quantitative estimate of drug-likeness (QED) is 0.266. The SMILES string of the molecule is CC(=O)OCC(CON)COOP(C)(=O)O. The van der Waals surface area contributed by atoms with Crippen molar-refractivity contribution in [3.8, 4) is 0 Å². The molecule has 2 atom stereocenters. The van der Waals surface area contributed by atoms with Gasteiger partial charge in [0.25, 0.3) is 0 Å². The van der Waals surface area contributed by atoms with Gasteiger partial charge in [-0.05, 0) is 0 Å². The van der Waals surface area contributed by atoms with Crippen molar-refractivity contribution in [1.82, 2.24) is 0 Å². The van der Waals surface area contributed by atoms with Gasteiger partial charge in [-0.15, -0.1) is 4.67 Å². The lowest BCUT2D eigenvalue weighted by atomic mass is 10.2. The average Bonchev–Trinajstić information content (AvgIpc) is 2.12. The van der Waals surface area contributed by atoms with Crippen LogP contribution in [0.15, 0.2) is 0 Å². The predicted octanol–water partition coefficient (Wildman–Crippen LogP) is -0.181. The monoisotopic (exact) mass is 257 g/mol. The van der Waals surface area contributed by atoms with Crippen molar-refractivity contribution in [1.29, 1.82) is 0 Å². The van der Waals surface area contributed by atoms with Gasteiger partial charge < -0.3 is 14.5 Å². The lowest BCUT2D eigenvalue weighted by Crippen LogP contribution is -2.24. The number of hydrogen-bond donors (Lipinski definition) is 2. The molecule has 0 aromatic rings. The summed E-state index contributed by atoms with van der Waals surface area (Å²) in [4.78, 5) is 28.1. The number of nitrogens with two attached hydrogens (primary N) is 1. The summed E-state index contributed by atoms with van der Waals surface area (Å²) in [5.41, 5.74) is 0. The first-order chi connectivity index (χ1) is 7.35. The Labute approximate surface area is 93.0 Å². The molecule has 0 saturated carbocycles. The van der Waals surface area contributed by atoms with E-state index in [1.54, 1.807) is 0 Å². The van der Waals surface area contributed by atoms with Crippen LogP contribution in [-0.4, -0.2) is 37.3 Å². The molecule has 0 aromatic carbocycles. The normalized spacial score (nSPS) is 16.5. The van der Waals surface area contributed by atoms with E-state index in [1.165, 1.54) is 6.92 Å². The molecule has 0 rings (SSSR count). The fraction of sp³-hybridized carbons (Fsp3) is 0.857. The van der Waals surface area contributed by atoms with Crippen LogP contribution < -0.4 is 5.90 Å². The molecule has 0 aliphatic carbocycles. The summed E-state index contributed by atoms with van der Waals surface area (Å²) in [6.45, 7) is 2.24. The Kier molecular flexibility index (Phi) is 7.48. The topological polar surface area (TPSA) is 117 Å². The molecule has 2 unspecified atom stereocenters. The van der Waals surface area contributed by atoms with Crippen LogP contribution in [0, 0.1) is 5.92 Å². The third-order valence-corrected chi connectivity index (χ3v) is 1.73. The molecule has 0 saturated heterocycles. The molecule has 0 amide bonds. The molecule has 8 nitrogen and oxygen atoms in total. The van der Waals surface area contributed by atoms with Gasteiger partial charge in [-0.1, -0.05) is 0 Å². The molecule has 3 N–H and O–H groups in total. The van der Waals surface area contributed by atoms with E-state index in [4.69, 9.17) is 15.5 Å². The van der Waals surface area contributed by atoms with Gasteiger partial charge in [-0.2, -0.15) is 0 Å². The van der Waals surface area contributed by atoms with Gasteiger partial charge in [0.05, 0.1) is 19.8 Å². The third-order valence-electron chi connectivity index (χ3n) is 1.35. The van der Waals surface area contributed by atoms with E-state index in [0.717, 1.165) is 6.66 Å². The van der Waals surface area contributed by atoms with E-state index in [-0.39, 0.29) is 25.7 Å². The van der Waals surface area contributed by atoms with Crippen molar-refractivity contribution in [2.75, 3.05) is 26.5 Å². The molecule has 9 heteroatoms. The Morgan fingerprint density at radius 3 is 2.50 bits per heavy atom. The highest BCUT2D eigenvalue weighted by Crippen LogP contribution is 2.36. The smallest absolute Gasteiger partial charge is 0.352 e. The number of carbonyl (C=O) groups excluding carboxylic acids is 1. The zero-order valence-corrected chi connectivity index (χ0v) is 10.0. The third kappa shape index (κ3) is 10.0. The minimum absolute atomic E-state index is 0.0232. The summed E-state index contributed by atoms with van der Waals surface area (Å²) in [5, 5.41) is 0.